The molecule has 18 heavy (non-hydrogen) atoms. The van der Waals surface area contributed by atoms with Crippen LogP contribution in [0.25, 0.3) is 0 Å². The van der Waals surface area contributed by atoms with Crippen LogP contribution >= 0.6 is 11.3 Å². The fraction of sp³-hybridized carbons (Fsp3) is 0.714. The van der Waals surface area contributed by atoms with Gasteiger partial charge in [0.2, 0.25) is 0 Å². The van der Waals surface area contributed by atoms with Crippen LogP contribution in [0.1, 0.15) is 52.2 Å². The Hall–Kier alpha value is -0.900. The van der Waals surface area contributed by atoms with Crippen molar-refractivity contribution in [3.63, 3.8) is 0 Å². The smallest absolute Gasteiger partial charge is 0.310 e. The Bertz CT molecular complexity index is 431. The van der Waals surface area contributed by atoms with E-state index in [-0.39, 0.29) is 11.3 Å². The van der Waals surface area contributed by atoms with Crippen LogP contribution < -0.4 is 0 Å². The van der Waals surface area contributed by atoms with E-state index in [4.69, 9.17) is 0 Å². The number of aliphatic carboxylic acids is 1. The quantitative estimate of drug-likeness (QED) is 0.906. The monoisotopic (exact) mass is 269 g/mol. The number of carboxylic acid groups (broad SMARTS) is 1. The van der Waals surface area contributed by atoms with E-state index < -0.39 is 11.4 Å². The molecule has 0 saturated carbocycles. The molecule has 1 aromatic rings. The van der Waals surface area contributed by atoms with Gasteiger partial charge in [0, 0.05) is 17.2 Å². The van der Waals surface area contributed by atoms with Gasteiger partial charge in [0.15, 0.2) is 0 Å². The molecule has 0 fully saturated rings. The number of carboxylic acids is 1. The SMILES string of the molecule is CC(C)C(C)(Cc1nc(C(C)(C)C)cs1)C(=O)O. The predicted octanol–water partition coefficient (Wildman–Crippen LogP) is 3.73. The zero-order valence-electron chi connectivity index (χ0n) is 12.1. The summed E-state index contributed by atoms with van der Waals surface area (Å²) in [6.45, 7) is 12.1. The van der Waals surface area contributed by atoms with Crippen LogP contribution in [0.4, 0.5) is 0 Å². The first-order valence-corrected chi connectivity index (χ1v) is 7.13. The molecule has 1 aromatic heterocycles. The van der Waals surface area contributed by atoms with Crippen LogP contribution in [-0.2, 0) is 16.6 Å². The van der Waals surface area contributed by atoms with E-state index in [9.17, 15) is 9.90 Å². The Labute approximate surface area is 113 Å². The Balaban J connectivity index is 2.97. The zero-order valence-corrected chi connectivity index (χ0v) is 12.9. The summed E-state index contributed by atoms with van der Waals surface area (Å²) in [5.74, 6) is -0.665. The third kappa shape index (κ3) is 3.10. The van der Waals surface area contributed by atoms with Crippen LogP contribution in [0, 0.1) is 11.3 Å². The van der Waals surface area contributed by atoms with E-state index >= 15 is 0 Å². The van der Waals surface area contributed by atoms with Crippen LogP contribution in [0.3, 0.4) is 0 Å². The fourth-order valence-corrected chi connectivity index (χ4v) is 2.77. The molecule has 0 aromatic carbocycles. The summed E-state index contributed by atoms with van der Waals surface area (Å²) in [7, 11) is 0. The van der Waals surface area contributed by atoms with Crippen molar-refractivity contribution < 1.29 is 9.90 Å². The van der Waals surface area contributed by atoms with E-state index in [1.807, 2.05) is 19.2 Å². The lowest BCUT2D eigenvalue weighted by molar-refractivity contribution is -0.150. The minimum Gasteiger partial charge on any atom is -0.481 e. The first kappa shape index (κ1) is 15.2. The van der Waals surface area contributed by atoms with Gasteiger partial charge in [-0.2, -0.15) is 0 Å². The molecule has 1 N–H and O–H groups in total. The van der Waals surface area contributed by atoms with Gasteiger partial charge in [0.1, 0.15) is 0 Å². The van der Waals surface area contributed by atoms with E-state index in [0.29, 0.717) is 6.42 Å². The van der Waals surface area contributed by atoms with Gasteiger partial charge in [-0.3, -0.25) is 4.79 Å². The number of rotatable bonds is 4. The van der Waals surface area contributed by atoms with Gasteiger partial charge in [-0.1, -0.05) is 34.6 Å². The summed E-state index contributed by atoms with van der Waals surface area (Å²) >= 11 is 1.56. The Morgan fingerprint density at radius 3 is 2.28 bits per heavy atom. The van der Waals surface area contributed by atoms with Crippen molar-refractivity contribution in [3.05, 3.63) is 16.1 Å². The standard InChI is InChI=1S/C14H23NO2S/c1-9(2)14(6,12(16)17)7-11-15-10(8-18-11)13(3,4)5/h8-9H,7H2,1-6H3,(H,16,17). The summed E-state index contributed by atoms with van der Waals surface area (Å²) in [4.78, 5) is 16.0. The van der Waals surface area contributed by atoms with E-state index in [1.165, 1.54) is 0 Å². The van der Waals surface area contributed by atoms with Crippen molar-refractivity contribution in [1.29, 1.82) is 0 Å². The van der Waals surface area contributed by atoms with Crippen molar-refractivity contribution in [2.24, 2.45) is 11.3 Å². The van der Waals surface area contributed by atoms with E-state index in [2.05, 4.69) is 25.8 Å². The third-order valence-corrected chi connectivity index (χ3v) is 4.45. The zero-order chi connectivity index (χ0) is 14.1. The first-order chi connectivity index (χ1) is 8.07. The molecule has 0 radical (unpaired) electrons. The van der Waals surface area contributed by atoms with Crippen LogP contribution in [-0.4, -0.2) is 16.1 Å². The highest BCUT2D eigenvalue weighted by Crippen LogP contribution is 2.34. The molecule has 1 rings (SSSR count). The summed E-state index contributed by atoms with van der Waals surface area (Å²) < 4.78 is 0. The topological polar surface area (TPSA) is 50.2 Å². The number of hydrogen-bond donors (Lipinski definition) is 1. The summed E-state index contributed by atoms with van der Waals surface area (Å²) in [5, 5.41) is 12.4. The van der Waals surface area contributed by atoms with Crippen molar-refractivity contribution in [2.45, 2.75) is 53.4 Å². The molecule has 102 valence electrons. The molecule has 0 aliphatic rings. The largest absolute Gasteiger partial charge is 0.481 e. The average Bonchev–Trinajstić information content (AvgIpc) is 2.64. The van der Waals surface area contributed by atoms with Gasteiger partial charge in [0.05, 0.1) is 16.1 Å². The maximum atomic E-state index is 11.4. The second-order valence-corrected chi connectivity index (χ2v) is 7.37. The molecule has 0 aliphatic heterocycles. The normalized spacial score (nSPS) is 15.7. The lowest BCUT2D eigenvalue weighted by atomic mass is 9.76. The molecule has 4 heteroatoms. The lowest BCUT2D eigenvalue weighted by Gasteiger charge is -2.28. The molecule has 1 unspecified atom stereocenters. The van der Waals surface area contributed by atoms with Gasteiger partial charge in [-0.25, -0.2) is 4.98 Å². The third-order valence-electron chi connectivity index (χ3n) is 3.60. The Morgan fingerprint density at radius 1 is 1.39 bits per heavy atom. The minimum atomic E-state index is -0.745. The highest BCUT2D eigenvalue weighted by molar-refractivity contribution is 7.09. The van der Waals surface area contributed by atoms with Gasteiger partial charge >= 0.3 is 5.97 Å². The summed E-state index contributed by atoms with van der Waals surface area (Å²) in [6.07, 6.45) is 0.501. The fourth-order valence-electron chi connectivity index (χ4n) is 1.58. The minimum absolute atomic E-state index is 0.0200. The number of hydrogen-bond acceptors (Lipinski definition) is 3. The lowest BCUT2D eigenvalue weighted by Crippen LogP contribution is -2.35. The van der Waals surface area contributed by atoms with Crippen molar-refractivity contribution in [2.75, 3.05) is 0 Å². The number of carbonyl (C=O) groups is 1. The molecular formula is C14H23NO2S. The second kappa shape index (κ2) is 5.00. The highest BCUT2D eigenvalue weighted by Gasteiger charge is 2.37. The molecule has 0 aliphatic carbocycles. The summed E-state index contributed by atoms with van der Waals surface area (Å²) in [6, 6.07) is 0. The van der Waals surface area contributed by atoms with Crippen molar-refractivity contribution in [3.8, 4) is 0 Å². The molecule has 1 atom stereocenters. The second-order valence-electron chi connectivity index (χ2n) is 6.43. The van der Waals surface area contributed by atoms with Gasteiger partial charge in [-0.05, 0) is 12.8 Å². The predicted molar refractivity (Wildman–Crippen MR) is 75.1 cm³/mol. The van der Waals surface area contributed by atoms with Gasteiger partial charge in [0.25, 0.3) is 0 Å². The molecule has 0 amide bonds. The van der Waals surface area contributed by atoms with Crippen molar-refractivity contribution >= 4 is 17.3 Å². The first-order valence-electron chi connectivity index (χ1n) is 6.25. The highest BCUT2D eigenvalue weighted by atomic mass is 32.1. The van der Waals surface area contributed by atoms with Gasteiger partial charge in [-0.15, -0.1) is 11.3 Å². The molecule has 0 spiro atoms. The average molecular weight is 269 g/mol. The molecule has 3 nitrogen and oxygen atoms in total. The Morgan fingerprint density at radius 2 is 1.94 bits per heavy atom. The van der Waals surface area contributed by atoms with E-state index in [1.54, 1.807) is 18.3 Å². The number of aromatic nitrogens is 1. The van der Waals surface area contributed by atoms with Crippen molar-refractivity contribution in [1.82, 2.24) is 4.98 Å². The number of nitrogens with zero attached hydrogens (tertiary/aromatic N) is 1. The van der Waals surface area contributed by atoms with Crippen LogP contribution in [0.5, 0.6) is 0 Å². The van der Waals surface area contributed by atoms with Crippen LogP contribution in [0.15, 0.2) is 5.38 Å². The van der Waals surface area contributed by atoms with E-state index in [0.717, 1.165) is 10.7 Å². The van der Waals surface area contributed by atoms with Gasteiger partial charge < -0.3 is 5.11 Å². The summed E-state index contributed by atoms with van der Waals surface area (Å²) in [5.41, 5.74) is 0.318. The molecular weight excluding hydrogens is 246 g/mol. The number of thiazole rings is 1. The maximum absolute atomic E-state index is 11.4. The molecule has 0 bridgehead atoms. The molecule has 0 saturated heterocycles. The van der Waals surface area contributed by atoms with Crippen LogP contribution in [0.2, 0.25) is 0 Å². The Kier molecular flexibility index (Phi) is 4.21. The molecule has 1 heterocycles. The maximum Gasteiger partial charge on any atom is 0.310 e.